The number of morpholine rings is 1. The molecule has 3 aromatic rings. The number of ketones is 4. The zero-order valence-electron chi connectivity index (χ0n) is 35.5. The zero-order valence-corrected chi connectivity index (χ0v) is 35.5. The van der Waals surface area contributed by atoms with Crippen molar-refractivity contribution >= 4 is 34.8 Å². The van der Waals surface area contributed by atoms with Gasteiger partial charge in [0.1, 0.15) is 28.8 Å². The first-order valence-electron chi connectivity index (χ1n) is 20.7. The number of ether oxygens (including phenoxy) is 5. The van der Waals surface area contributed by atoms with Gasteiger partial charge in [0.2, 0.25) is 5.78 Å². The van der Waals surface area contributed by atoms with Crippen LogP contribution in [0.3, 0.4) is 0 Å². The Kier molecular flexibility index (Phi) is 12.5. The Bertz CT molecular complexity index is 2580. The van der Waals surface area contributed by atoms with Gasteiger partial charge in [-0.25, -0.2) is 5.43 Å². The predicted molar refractivity (Wildman–Crippen MR) is 219 cm³/mol. The minimum atomic E-state index is -5.03. The lowest BCUT2D eigenvalue weighted by atomic mass is 9.71. The molecule has 2 aliphatic heterocycles. The van der Waals surface area contributed by atoms with Crippen molar-refractivity contribution in [2.75, 3.05) is 40.5 Å². The third kappa shape index (κ3) is 8.19. The van der Waals surface area contributed by atoms with Crippen molar-refractivity contribution in [2.24, 2.45) is 5.10 Å². The summed E-state index contributed by atoms with van der Waals surface area (Å²) in [4.78, 5) is 68.7. The fourth-order valence-corrected chi connectivity index (χ4v) is 9.40. The number of nitrogens with one attached hydrogen (secondary N) is 1. The van der Waals surface area contributed by atoms with Gasteiger partial charge in [0.15, 0.2) is 29.9 Å². The molecule has 2 saturated heterocycles. The van der Waals surface area contributed by atoms with Crippen molar-refractivity contribution in [3.05, 3.63) is 98.6 Å². The highest BCUT2D eigenvalue weighted by Gasteiger charge is 2.50. The summed E-state index contributed by atoms with van der Waals surface area (Å²) in [5, 5.41) is 62.5. The summed E-state index contributed by atoms with van der Waals surface area (Å²) in [6.07, 6.45) is -9.95. The smallest absolute Gasteiger partial charge is 0.416 e. The number of fused-ring (bicyclic) bond motifs is 3. The maximum Gasteiger partial charge on any atom is 0.416 e. The van der Waals surface area contributed by atoms with E-state index in [4.69, 9.17) is 23.7 Å². The quantitative estimate of drug-likeness (QED) is 0.0578. The van der Waals surface area contributed by atoms with Gasteiger partial charge < -0.3 is 49.2 Å². The second kappa shape index (κ2) is 17.7. The molecule has 7 atom stereocenters. The van der Waals surface area contributed by atoms with E-state index in [1.54, 1.807) is 6.92 Å². The second-order valence-corrected chi connectivity index (χ2v) is 16.6. The van der Waals surface area contributed by atoms with E-state index in [2.05, 4.69) is 5.10 Å². The number of aromatic hydroxyl groups is 2. The topological polar surface area (TPSA) is 260 Å². The Hall–Kier alpha value is -5.91. The predicted octanol–water partition coefficient (Wildman–Crippen LogP) is 2.37. The van der Waals surface area contributed by atoms with Crippen LogP contribution in [0.5, 0.6) is 17.2 Å². The first-order chi connectivity index (χ1) is 31.3. The summed E-state index contributed by atoms with van der Waals surface area (Å²) in [5.41, 5.74) is -5.67. The van der Waals surface area contributed by atoms with Crippen molar-refractivity contribution in [1.82, 2.24) is 10.3 Å². The number of aliphatic hydroxyl groups excluding tert-OH is 2. The Morgan fingerprint density at radius 2 is 1.71 bits per heavy atom. The number of hydrogen-bond acceptors (Lipinski definition) is 17. The summed E-state index contributed by atoms with van der Waals surface area (Å²) >= 11 is 0. The molecule has 6 N–H and O–H groups in total. The normalized spacial score (nSPS) is 27.1. The lowest BCUT2D eigenvalue weighted by Gasteiger charge is -2.47. The maximum absolute atomic E-state index is 14.2. The molecule has 0 radical (unpaired) electrons. The first-order valence-corrected chi connectivity index (χ1v) is 20.7. The molecule has 3 aromatic carbocycles. The van der Waals surface area contributed by atoms with Crippen molar-refractivity contribution in [2.45, 2.75) is 80.8 Å². The molecule has 66 heavy (non-hydrogen) atoms. The number of phenols is 2. The molecule has 5 aliphatic rings. The van der Waals surface area contributed by atoms with Crippen molar-refractivity contribution in [3.63, 3.8) is 0 Å². The lowest BCUT2D eigenvalue weighted by molar-refractivity contribution is -0.265. The monoisotopic (exact) mass is 923 g/mol. The molecule has 18 nitrogen and oxygen atoms in total. The number of alkyl halides is 3. The third-order valence-corrected chi connectivity index (χ3v) is 12.7. The number of phenolic OH excluding ortho intramolecular Hbond substituents is 2. The van der Waals surface area contributed by atoms with Gasteiger partial charge in [0, 0.05) is 67.8 Å². The average Bonchev–Trinajstić information content (AvgIpc) is 3.63. The summed E-state index contributed by atoms with van der Waals surface area (Å²) in [5.74, 6) is -7.93. The Morgan fingerprint density at radius 3 is 2.38 bits per heavy atom. The number of hydrazone groups is 1. The molecule has 0 bridgehead atoms. The number of nitrogens with zero attached hydrogens (tertiary/aromatic N) is 2. The molecule has 21 heteroatoms. The number of carbonyl (C=O) groups is 5. The summed E-state index contributed by atoms with van der Waals surface area (Å²) in [7, 11) is 2.74. The third-order valence-electron chi connectivity index (χ3n) is 12.7. The molecule has 2 heterocycles. The van der Waals surface area contributed by atoms with Crippen LogP contribution in [-0.4, -0.2) is 142 Å². The molecule has 0 aromatic heterocycles. The molecule has 1 amide bonds. The van der Waals surface area contributed by atoms with Crippen LogP contribution < -0.4 is 10.2 Å². The molecular weight excluding hydrogens is 879 g/mol. The van der Waals surface area contributed by atoms with E-state index in [1.165, 1.54) is 32.4 Å². The standard InChI is InChI=1S/C45H44F3N3O15/c1-19-38(55)25(51-9-10-64-32(17-51)63-3)14-31(65-19)66-29-16-44(61,15-24-35(29)42(59)37-36(40(24)57)39(56)23-5-4-6-28(62-2)34(23)41(37)58)30(18-52)49-50-43(60)21-11-20(12-22(13-21)45(46,47)48)33-26(53)7-8-27(33)54/h4-8,11-13,19,25,29,31-33,38,52,55,57,59,61H,9-10,14-18H2,1-3H3,(H,50,60)/b49-30+/t19-,25?,29-,31-,32-,38+,44-/m0/s1. The van der Waals surface area contributed by atoms with E-state index < -0.39 is 148 Å². The number of methoxy groups -OCH3 is 2. The molecule has 0 saturated carbocycles. The van der Waals surface area contributed by atoms with Gasteiger partial charge in [0.25, 0.3) is 5.91 Å². The van der Waals surface area contributed by atoms with Crippen LogP contribution in [0.15, 0.2) is 53.7 Å². The Balaban J connectivity index is 1.19. The van der Waals surface area contributed by atoms with E-state index in [9.17, 15) is 62.7 Å². The minimum absolute atomic E-state index is 0.00743. The highest BCUT2D eigenvalue weighted by molar-refractivity contribution is 6.31. The highest BCUT2D eigenvalue weighted by atomic mass is 19.4. The molecule has 1 unspecified atom stereocenters. The number of halogens is 3. The van der Waals surface area contributed by atoms with E-state index in [0.717, 1.165) is 18.2 Å². The number of hydrogen-bond donors (Lipinski definition) is 6. The van der Waals surface area contributed by atoms with Gasteiger partial charge in [-0.15, -0.1) is 0 Å². The van der Waals surface area contributed by atoms with Crippen LogP contribution in [0.4, 0.5) is 13.2 Å². The SMILES string of the molecule is COc1cccc2c1C(=O)c1c(O)c3c(c(O)c1C2=O)C[C@@](O)(/C(CO)=N/NC(=O)c1cc(C2C(=O)C=CC2=O)cc(C(F)(F)F)c1)C[C@@H]3O[C@H]1CC(N2CCO[C@H](OC)C2)[C@H](O)[C@H](C)O1. The van der Waals surface area contributed by atoms with E-state index in [-0.39, 0.29) is 47.6 Å². The number of aliphatic hydroxyl groups is 3. The number of benzene rings is 3. The highest BCUT2D eigenvalue weighted by Crippen LogP contribution is 2.53. The van der Waals surface area contributed by atoms with Gasteiger partial charge in [-0.3, -0.25) is 28.9 Å². The van der Waals surface area contributed by atoms with E-state index in [0.29, 0.717) is 18.7 Å². The van der Waals surface area contributed by atoms with Gasteiger partial charge >= 0.3 is 6.18 Å². The van der Waals surface area contributed by atoms with Gasteiger partial charge in [0.05, 0.1) is 66.6 Å². The van der Waals surface area contributed by atoms with Crippen molar-refractivity contribution in [3.8, 4) is 17.2 Å². The van der Waals surface area contributed by atoms with Crippen LogP contribution in [0.25, 0.3) is 0 Å². The number of rotatable bonds is 10. The minimum Gasteiger partial charge on any atom is -0.507 e. The van der Waals surface area contributed by atoms with Crippen LogP contribution in [0, 0.1) is 0 Å². The van der Waals surface area contributed by atoms with Gasteiger partial charge in [-0.1, -0.05) is 12.1 Å². The zero-order chi connectivity index (χ0) is 47.6. The molecule has 3 aliphatic carbocycles. The van der Waals surface area contributed by atoms with Crippen molar-refractivity contribution < 1.29 is 86.4 Å². The summed E-state index contributed by atoms with van der Waals surface area (Å²) < 4.78 is 71.1. The second-order valence-electron chi connectivity index (χ2n) is 16.6. The largest absolute Gasteiger partial charge is 0.507 e. The van der Waals surface area contributed by atoms with Crippen LogP contribution in [0.2, 0.25) is 0 Å². The van der Waals surface area contributed by atoms with Gasteiger partial charge in [-0.05, 0) is 48.9 Å². The fraction of sp³-hybridized carbons (Fsp3) is 0.422. The van der Waals surface area contributed by atoms with E-state index in [1.807, 2.05) is 10.3 Å². The average molecular weight is 924 g/mol. The van der Waals surface area contributed by atoms with E-state index >= 15 is 0 Å². The maximum atomic E-state index is 14.2. The molecule has 2 fully saturated rings. The lowest BCUT2D eigenvalue weighted by Crippen LogP contribution is -2.59. The fourth-order valence-electron chi connectivity index (χ4n) is 9.40. The first kappa shape index (κ1) is 46.6. The molecular formula is C45H44F3N3O15. The van der Waals surface area contributed by atoms with Crippen LogP contribution >= 0.6 is 0 Å². The summed E-state index contributed by atoms with van der Waals surface area (Å²) in [6, 6.07) is 5.51. The van der Waals surface area contributed by atoms with Crippen molar-refractivity contribution in [1.29, 1.82) is 0 Å². The molecule has 0 spiro atoms. The Labute approximate surface area is 373 Å². The summed E-state index contributed by atoms with van der Waals surface area (Å²) in [6.45, 7) is 1.40. The van der Waals surface area contributed by atoms with Crippen LogP contribution in [0.1, 0.15) is 96.2 Å². The molecule has 8 rings (SSSR count). The number of allylic oxidation sites excluding steroid dienone is 2. The Morgan fingerprint density at radius 1 is 1.00 bits per heavy atom. The van der Waals surface area contributed by atoms with Gasteiger partial charge in [-0.2, -0.15) is 18.3 Å². The number of amides is 1. The van der Waals surface area contributed by atoms with Crippen LogP contribution in [-0.2, 0) is 41.1 Å². The number of carbonyl (C=O) groups excluding carboxylic acids is 5. The molecule has 350 valence electrons.